The van der Waals surface area contributed by atoms with Crippen molar-refractivity contribution in [3.63, 3.8) is 0 Å². The Kier molecular flexibility index (Phi) is 8.90. The van der Waals surface area contributed by atoms with Crippen molar-refractivity contribution < 1.29 is 33.2 Å². The first-order chi connectivity index (χ1) is 15.7. The summed E-state index contributed by atoms with van der Waals surface area (Å²) in [5.74, 6) is -4.29. The fraction of sp³-hybridized carbons (Fsp3) is 0.333. The van der Waals surface area contributed by atoms with Crippen LogP contribution in [0, 0.1) is 17.5 Å². The largest absolute Gasteiger partial charge is 0.394 e. The van der Waals surface area contributed by atoms with E-state index in [0.717, 1.165) is 21.5 Å². The number of aliphatic hydroxyl groups is 3. The van der Waals surface area contributed by atoms with E-state index in [1.165, 1.54) is 29.6 Å². The van der Waals surface area contributed by atoms with Gasteiger partial charge in [-0.05, 0) is 43.3 Å². The number of aromatic nitrogens is 3. The fourth-order valence-electron chi connectivity index (χ4n) is 2.83. The van der Waals surface area contributed by atoms with Crippen LogP contribution in [0.5, 0.6) is 0 Å². The molecule has 0 saturated heterocycles. The van der Waals surface area contributed by atoms with Gasteiger partial charge in [0.05, 0.1) is 25.5 Å². The highest BCUT2D eigenvalue weighted by molar-refractivity contribution is 9.10. The van der Waals surface area contributed by atoms with Gasteiger partial charge < -0.3 is 20.1 Å². The monoisotopic (exact) mass is 547 g/mol. The Morgan fingerprint density at radius 3 is 2.33 bits per heavy atom. The Bertz CT molecular complexity index is 1050. The molecule has 0 spiro atoms. The third-order valence-corrected chi connectivity index (χ3v) is 6.33. The van der Waals surface area contributed by atoms with Crippen LogP contribution in [0.4, 0.5) is 13.2 Å². The van der Waals surface area contributed by atoms with Crippen molar-refractivity contribution in [2.75, 3.05) is 6.61 Å². The number of thioether (sulfide) groups is 1. The molecule has 0 bridgehead atoms. The smallest absolute Gasteiger partial charge is 0.194 e. The van der Waals surface area contributed by atoms with Crippen LogP contribution in [0.1, 0.15) is 6.92 Å². The maximum absolute atomic E-state index is 13.5. The maximum Gasteiger partial charge on any atom is 0.194 e. The molecule has 2 aromatic carbocycles. The van der Waals surface area contributed by atoms with E-state index in [9.17, 15) is 28.5 Å². The summed E-state index contributed by atoms with van der Waals surface area (Å²) in [6.45, 7) is 0.877. The minimum Gasteiger partial charge on any atom is -0.394 e. The number of halogens is 4. The van der Waals surface area contributed by atoms with Gasteiger partial charge in [-0.15, -0.1) is 5.10 Å². The Morgan fingerprint density at radius 2 is 1.76 bits per heavy atom. The van der Waals surface area contributed by atoms with E-state index >= 15 is 0 Å². The van der Waals surface area contributed by atoms with E-state index in [1.54, 1.807) is 12.1 Å². The number of rotatable bonds is 10. The average molecular weight is 548 g/mol. The third-order valence-electron chi connectivity index (χ3n) is 4.60. The summed E-state index contributed by atoms with van der Waals surface area (Å²) in [6, 6.07) is 8.84. The molecule has 0 radical (unpaired) electrons. The Morgan fingerprint density at radius 1 is 1.12 bits per heavy atom. The molecule has 0 fully saturated rings. The lowest BCUT2D eigenvalue weighted by molar-refractivity contribution is -0.0972. The van der Waals surface area contributed by atoms with E-state index in [2.05, 4.69) is 26.2 Å². The molecule has 0 aliphatic carbocycles. The van der Waals surface area contributed by atoms with Gasteiger partial charge >= 0.3 is 0 Å². The van der Waals surface area contributed by atoms with Crippen LogP contribution in [-0.4, -0.2) is 60.7 Å². The van der Waals surface area contributed by atoms with Crippen LogP contribution >= 0.6 is 27.7 Å². The molecule has 1 aromatic heterocycles. The van der Waals surface area contributed by atoms with E-state index in [4.69, 9.17) is 4.74 Å². The first-order valence-corrected chi connectivity index (χ1v) is 11.4. The van der Waals surface area contributed by atoms with Crippen molar-refractivity contribution in [2.45, 2.75) is 42.1 Å². The van der Waals surface area contributed by atoms with Gasteiger partial charge in [0.2, 0.25) is 0 Å². The highest BCUT2D eigenvalue weighted by atomic mass is 79.9. The SMILES string of the molecule is C[C@@H](O)C(CO)OC(Sc1ccc(Br)cc1)[C@@H](O)Cn1cc(-c2cc(F)c(F)c(F)c2)nn1. The van der Waals surface area contributed by atoms with Gasteiger partial charge in [0.1, 0.15) is 23.3 Å². The Hall–Kier alpha value is -1.96. The zero-order valence-electron chi connectivity index (χ0n) is 17.3. The minimum absolute atomic E-state index is 0.0152. The number of aliphatic hydroxyl groups excluding tert-OH is 3. The fourth-order valence-corrected chi connectivity index (χ4v) is 4.09. The van der Waals surface area contributed by atoms with E-state index in [1.807, 2.05) is 12.1 Å². The molecule has 4 atom stereocenters. The molecule has 3 aromatic rings. The lowest BCUT2D eigenvalue weighted by Crippen LogP contribution is -2.39. The second kappa shape index (κ2) is 11.4. The predicted molar refractivity (Wildman–Crippen MR) is 119 cm³/mol. The molecule has 33 heavy (non-hydrogen) atoms. The molecular formula is C21H21BrF3N3O4S. The lowest BCUT2D eigenvalue weighted by Gasteiger charge is -2.28. The predicted octanol–water partition coefficient (Wildman–Crippen LogP) is 3.36. The van der Waals surface area contributed by atoms with Gasteiger partial charge in [-0.2, -0.15) is 0 Å². The molecule has 2 unspecified atom stereocenters. The Labute approximate surface area is 200 Å². The minimum atomic E-state index is -1.58. The number of hydrogen-bond acceptors (Lipinski definition) is 7. The van der Waals surface area contributed by atoms with Crippen molar-refractivity contribution in [2.24, 2.45) is 0 Å². The summed E-state index contributed by atoms with van der Waals surface area (Å²) >= 11 is 4.52. The number of nitrogens with zero attached hydrogens (tertiary/aromatic N) is 3. The normalized spacial score (nSPS) is 15.3. The number of hydrogen-bond donors (Lipinski definition) is 3. The van der Waals surface area contributed by atoms with Crippen LogP contribution in [0.15, 0.2) is 52.0 Å². The molecule has 0 amide bonds. The first-order valence-electron chi connectivity index (χ1n) is 9.77. The maximum atomic E-state index is 13.5. The molecule has 3 N–H and O–H groups in total. The summed E-state index contributed by atoms with van der Waals surface area (Å²) in [5, 5.41) is 37.8. The molecule has 0 aliphatic heterocycles. The molecule has 12 heteroatoms. The second-order valence-electron chi connectivity index (χ2n) is 7.18. The van der Waals surface area contributed by atoms with Crippen molar-refractivity contribution >= 4 is 27.7 Å². The molecule has 0 aliphatic rings. The number of benzene rings is 2. The molecule has 178 valence electrons. The van der Waals surface area contributed by atoms with Crippen LogP contribution < -0.4 is 0 Å². The number of ether oxygens (including phenoxy) is 1. The van der Waals surface area contributed by atoms with Gasteiger partial charge in [-0.25, -0.2) is 17.9 Å². The summed E-state index contributed by atoms with van der Waals surface area (Å²) in [5.41, 5.74) is -0.847. The summed E-state index contributed by atoms with van der Waals surface area (Å²) in [6.07, 6.45) is -1.77. The average Bonchev–Trinajstić information content (AvgIpc) is 3.24. The quantitative estimate of drug-likeness (QED) is 0.203. The highest BCUT2D eigenvalue weighted by Crippen LogP contribution is 2.30. The van der Waals surface area contributed by atoms with Gasteiger partial charge in [-0.1, -0.05) is 32.9 Å². The van der Waals surface area contributed by atoms with Crippen LogP contribution in [-0.2, 0) is 11.3 Å². The van der Waals surface area contributed by atoms with Crippen molar-refractivity contribution in [1.82, 2.24) is 15.0 Å². The first kappa shape index (κ1) is 25.7. The van der Waals surface area contributed by atoms with Gasteiger partial charge in [0.15, 0.2) is 17.5 Å². The standard InChI is InChI=1S/C21H21BrF3N3O4S/c1-11(30)19(10-29)32-21(33-14-4-2-13(22)3-5-14)18(31)9-28-8-17(26-27-28)12-6-15(23)20(25)16(24)7-12/h2-8,11,18-19,21,29-31H,9-10H2,1H3/t11-,18+,19?,21?/m1/s1. The van der Waals surface area contributed by atoms with Gasteiger partial charge in [0, 0.05) is 14.9 Å². The zero-order chi connectivity index (χ0) is 24.1. The summed E-state index contributed by atoms with van der Waals surface area (Å²) < 4.78 is 48.1. The summed E-state index contributed by atoms with van der Waals surface area (Å²) in [7, 11) is 0. The molecule has 3 rings (SSSR count). The van der Waals surface area contributed by atoms with Crippen molar-refractivity contribution in [3.8, 4) is 11.3 Å². The van der Waals surface area contributed by atoms with Gasteiger partial charge in [0.25, 0.3) is 0 Å². The molecule has 1 heterocycles. The molecular weight excluding hydrogens is 527 g/mol. The van der Waals surface area contributed by atoms with Crippen LogP contribution in [0.3, 0.4) is 0 Å². The highest BCUT2D eigenvalue weighted by Gasteiger charge is 2.28. The topological polar surface area (TPSA) is 101 Å². The van der Waals surface area contributed by atoms with E-state index in [-0.39, 0.29) is 17.8 Å². The third kappa shape index (κ3) is 6.78. The van der Waals surface area contributed by atoms with E-state index < -0.39 is 47.8 Å². The van der Waals surface area contributed by atoms with Crippen LogP contribution in [0.2, 0.25) is 0 Å². The van der Waals surface area contributed by atoms with Crippen molar-refractivity contribution in [1.29, 1.82) is 0 Å². The Balaban J connectivity index is 1.78. The van der Waals surface area contributed by atoms with Crippen LogP contribution in [0.25, 0.3) is 11.3 Å². The van der Waals surface area contributed by atoms with Crippen molar-refractivity contribution in [3.05, 3.63) is 64.5 Å². The van der Waals surface area contributed by atoms with Gasteiger partial charge in [-0.3, -0.25) is 0 Å². The molecule has 7 nitrogen and oxygen atoms in total. The second-order valence-corrected chi connectivity index (χ2v) is 9.27. The zero-order valence-corrected chi connectivity index (χ0v) is 19.7. The van der Waals surface area contributed by atoms with E-state index in [0.29, 0.717) is 0 Å². The molecule has 0 saturated carbocycles. The lowest BCUT2D eigenvalue weighted by atomic mass is 10.1. The summed E-state index contributed by atoms with van der Waals surface area (Å²) in [4.78, 5) is 0.765.